The number of hydrogen-bond donors (Lipinski definition) is 0. The Balaban J connectivity index is 1.79. The number of halogens is 2. The molecule has 0 unspecified atom stereocenters. The predicted molar refractivity (Wildman–Crippen MR) is 97.9 cm³/mol. The highest BCUT2D eigenvalue weighted by atomic mass is 35.5. The molecule has 0 aliphatic carbocycles. The Labute approximate surface area is 154 Å². The van der Waals surface area contributed by atoms with E-state index >= 15 is 0 Å². The summed E-state index contributed by atoms with van der Waals surface area (Å²) in [6.45, 7) is 1.01. The van der Waals surface area contributed by atoms with Gasteiger partial charge in [0.1, 0.15) is 5.76 Å². The molecule has 2 heterocycles. The number of rotatable bonds is 6. The standard InChI is InChI=1S/C18H15Cl2NO2S/c19-16-6-5-13(11-17(16)20)18(22)21(12-14-3-1-9-23-14)8-7-15-4-2-10-24-15/h1-6,9-11H,7-8,12H2. The van der Waals surface area contributed by atoms with Crippen LogP contribution in [0, 0.1) is 0 Å². The van der Waals surface area contributed by atoms with Gasteiger partial charge < -0.3 is 9.32 Å². The second-order valence-electron chi connectivity index (χ2n) is 5.26. The van der Waals surface area contributed by atoms with Crippen molar-refractivity contribution in [1.29, 1.82) is 0 Å². The molecule has 2 aromatic heterocycles. The number of benzene rings is 1. The molecule has 1 amide bonds. The van der Waals surface area contributed by atoms with E-state index in [1.807, 2.05) is 23.6 Å². The van der Waals surface area contributed by atoms with Gasteiger partial charge in [-0.05, 0) is 48.2 Å². The van der Waals surface area contributed by atoms with Crippen molar-refractivity contribution < 1.29 is 9.21 Å². The lowest BCUT2D eigenvalue weighted by atomic mass is 10.2. The Bertz CT molecular complexity index is 801. The molecule has 1 aromatic carbocycles. The predicted octanol–water partition coefficient (Wildman–Crippen LogP) is 5.53. The highest BCUT2D eigenvalue weighted by Gasteiger charge is 2.18. The molecule has 6 heteroatoms. The first-order valence-corrected chi connectivity index (χ1v) is 9.06. The number of hydrogen-bond acceptors (Lipinski definition) is 3. The van der Waals surface area contributed by atoms with Crippen molar-refractivity contribution in [3.63, 3.8) is 0 Å². The normalized spacial score (nSPS) is 10.8. The highest BCUT2D eigenvalue weighted by Crippen LogP contribution is 2.24. The lowest BCUT2D eigenvalue weighted by Crippen LogP contribution is -2.32. The van der Waals surface area contributed by atoms with Crippen LogP contribution < -0.4 is 0 Å². The molecule has 124 valence electrons. The van der Waals surface area contributed by atoms with Gasteiger partial charge in [-0.1, -0.05) is 29.3 Å². The fourth-order valence-corrected chi connectivity index (χ4v) is 3.35. The van der Waals surface area contributed by atoms with E-state index in [0.29, 0.717) is 28.7 Å². The Hall–Kier alpha value is -1.75. The van der Waals surface area contributed by atoms with Gasteiger partial charge in [0, 0.05) is 17.0 Å². The molecule has 24 heavy (non-hydrogen) atoms. The summed E-state index contributed by atoms with van der Waals surface area (Å²) in [5.41, 5.74) is 0.516. The number of carbonyl (C=O) groups excluding carboxylic acids is 1. The molecule has 0 saturated heterocycles. The number of furan rings is 1. The minimum atomic E-state index is -0.0958. The molecule has 0 aliphatic heterocycles. The summed E-state index contributed by atoms with van der Waals surface area (Å²) in [5, 5.41) is 2.84. The SMILES string of the molecule is O=C(c1ccc(Cl)c(Cl)c1)N(CCc1cccs1)Cc1ccco1. The second-order valence-corrected chi connectivity index (χ2v) is 7.11. The molecule has 3 aromatic rings. The van der Waals surface area contributed by atoms with Crippen LogP contribution in [0.1, 0.15) is 21.0 Å². The first-order valence-electron chi connectivity index (χ1n) is 7.42. The third-order valence-electron chi connectivity index (χ3n) is 3.59. The molecule has 0 aliphatic rings. The molecule has 0 bridgehead atoms. The molecule has 0 radical (unpaired) electrons. The van der Waals surface area contributed by atoms with Crippen molar-refractivity contribution in [1.82, 2.24) is 4.90 Å². The van der Waals surface area contributed by atoms with E-state index in [0.717, 1.165) is 12.2 Å². The van der Waals surface area contributed by atoms with E-state index in [4.69, 9.17) is 27.6 Å². The third kappa shape index (κ3) is 4.20. The summed E-state index contributed by atoms with van der Waals surface area (Å²) in [5.74, 6) is 0.649. The first-order chi connectivity index (χ1) is 11.6. The lowest BCUT2D eigenvalue weighted by molar-refractivity contribution is 0.0734. The average molecular weight is 380 g/mol. The van der Waals surface area contributed by atoms with E-state index in [1.54, 1.807) is 40.7 Å². The second kappa shape index (κ2) is 7.88. The van der Waals surface area contributed by atoms with Crippen LogP contribution in [-0.4, -0.2) is 17.4 Å². The van der Waals surface area contributed by atoms with Crippen LogP contribution in [0.4, 0.5) is 0 Å². The van der Waals surface area contributed by atoms with Crippen molar-refractivity contribution in [2.24, 2.45) is 0 Å². The van der Waals surface area contributed by atoms with Gasteiger partial charge in [-0.25, -0.2) is 0 Å². The van der Waals surface area contributed by atoms with Crippen LogP contribution in [-0.2, 0) is 13.0 Å². The largest absolute Gasteiger partial charge is 0.467 e. The van der Waals surface area contributed by atoms with Crippen LogP contribution >= 0.6 is 34.5 Å². The van der Waals surface area contributed by atoms with Crippen molar-refractivity contribution >= 4 is 40.4 Å². The fraction of sp³-hybridized carbons (Fsp3) is 0.167. The van der Waals surface area contributed by atoms with E-state index in [-0.39, 0.29) is 5.91 Å². The van der Waals surface area contributed by atoms with Crippen LogP contribution in [0.2, 0.25) is 10.0 Å². The molecule has 0 saturated carbocycles. The van der Waals surface area contributed by atoms with E-state index in [9.17, 15) is 4.79 Å². The van der Waals surface area contributed by atoms with Gasteiger partial charge in [0.05, 0.1) is 22.9 Å². The van der Waals surface area contributed by atoms with Gasteiger partial charge in [-0.3, -0.25) is 4.79 Å². The Morgan fingerprint density at radius 3 is 2.67 bits per heavy atom. The minimum absolute atomic E-state index is 0.0958. The van der Waals surface area contributed by atoms with Crippen molar-refractivity contribution in [2.45, 2.75) is 13.0 Å². The Morgan fingerprint density at radius 2 is 2.00 bits per heavy atom. The third-order valence-corrected chi connectivity index (χ3v) is 5.26. The van der Waals surface area contributed by atoms with E-state index in [2.05, 4.69) is 6.07 Å². The number of thiophene rings is 1. The maximum atomic E-state index is 12.9. The summed E-state index contributed by atoms with van der Waals surface area (Å²) in [7, 11) is 0. The number of amides is 1. The number of carbonyl (C=O) groups is 1. The van der Waals surface area contributed by atoms with E-state index in [1.165, 1.54) is 4.88 Å². The van der Waals surface area contributed by atoms with Gasteiger partial charge in [0.25, 0.3) is 5.91 Å². The molecular formula is C18H15Cl2NO2S. The monoisotopic (exact) mass is 379 g/mol. The summed E-state index contributed by atoms with van der Waals surface area (Å²) in [4.78, 5) is 15.9. The summed E-state index contributed by atoms with van der Waals surface area (Å²) >= 11 is 13.7. The molecule has 0 atom stereocenters. The number of nitrogens with zero attached hydrogens (tertiary/aromatic N) is 1. The van der Waals surface area contributed by atoms with Crippen molar-refractivity contribution in [3.05, 3.63) is 80.4 Å². The van der Waals surface area contributed by atoms with Gasteiger partial charge in [-0.2, -0.15) is 0 Å². The zero-order chi connectivity index (χ0) is 16.9. The van der Waals surface area contributed by atoms with Gasteiger partial charge in [0.15, 0.2) is 0 Å². The average Bonchev–Trinajstić information content (AvgIpc) is 3.26. The summed E-state index contributed by atoms with van der Waals surface area (Å²) in [6.07, 6.45) is 2.40. The lowest BCUT2D eigenvalue weighted by Gasteiger charge is -2.22. The molecule has 0 spiro atoms. The summed E-state index contributed by atoms with van der Waals surface area (Å²) in [6, 6.07) is 12.7. The quantitative estimate of drug-likeness (QED) is 0.563. The molecule has 0 fully saturated rings. The van der Waals surface area contributed by atoms with Crippen molar-refractivity contribution in [3.8, 4) is 0 Å². The van der Waals surface area contributed by atoms with Crippen LogP contribution in [0.5, 0.6) is 0 Å². The van der Waals surface area contributed by atoms with Gasteiger partial charge in [0.2, 0.25) is 0 Å². The molecule has 3 nitrogen and oxygen atoms in total. The zero-order valence-corrected chi connectivity index (χ0v) is 15.1. The van der Waals surface area contributed by atoms with Crippen LogP contribution in [0.3, 0.4) is 0 Å². The molecular weight excluding hydrogens is 365 g/mol. The maximum Gasteiger partial charge on any atom is 0.254 e. The van der Waals surface area contributed by atoms with Crippen molar-refractivity contribution in [2.75, 3.05) is 6.54 Å². The Morgan fingerprint density at radius 1 is 1.12 bits per heavy atom. The Kier molecular flexibility index (Phi) is 5.61. The smallest absolute Gasteiger partial charge is 0.254 e. The summed E-state index contributed by atoms with van der Waals surface area (Å²) < 4.78 is 5.39. The molecule has 3 rings (SSSR count). The fourth-order valence-electron chi connectivity index (χ4n) is 2.35. The molecule has 0 N–H and O–H groups in total. The first kappa shape index (κ1) is 17.1. The maximum absolute atomic E-state index is 12.9. The van der Waals surface area contributed by atoms with Gasteiger partial charge in [-0.15, -0.1) is 11.3 Å². The van der Waals surface area contributed by atoms with Crippen LogP contribution in [0.15, 0.2) is 58.5 Å². The van der Waals surface area contributed by atoms with Crippen LogP contribution in [0.25, 0.3) is 0 Å². The van der Waals surface area contributed by atoms with Gasteiger partial charge >= 0.3 is 0 Å². The van der Waals surface area contributed by atoms with E-state index < -0.39 is 0 Å². The topological polar surface area (TPSA) is 33.5 Å². The highest BCUT2D eigenvalue weighted by molar-refractivity contribution is 7.09. The zero-order valence-electron chi connectivity index (χ0n) is 12.7. The minimum Gasteiger partial charge on any atom is -0.467 e.